The first-order valence-electron chi connectivity index (χ1n) is 5.15. The van der Waals surface area contributed by atoms with Crippen molar-refractivity contribution in [1.82, 2.24) is 0 Å². The standard InChI is InChI=1S/C13H14O3/c1-8(2)12-7-10-6-9(13(14)15-3)4-5-11(10)16-12/h4-6,12H,1,7H2,2-3H3/t12-/m1/s1. The number of carbonyl (C=O) groups is 1. The summed E-state index contributed by atoms with van der Waals surface area (Å²) in [7, 11) is 1.38. The Labute approximate surface area is 94.7 Å². The highest BCUT2D eigenvalue weighted by Gasteiger charge is 2.24. The maximum atomic E-state index is 11.3. The topological polar surface area (TPSA) is 35.5 Å². The Morgan fingerprint density at radius 3 is 2.94 bits per heavy atom. The Hall–Kier alpha value is -1.77. The first-order chi connectivity index (χ1) is 7.61. The summed E-state index contributed by atoms with van der Waals surface area (Å²) in [6.07, 6.45) is 0.804. The minimum atomic E-state index is -0.318. The molecule has 16 heavy (non-hydrogen) atoms. The van der Waals surface area contributed by atoms with Gasteiger partial charge in [0.25, 0.3) is 0 Å². The van der Waals surface area contributed by atoms with E-state index in [1.165, 1.54) is 7.11 Å². The quantitative estimate of drug-likeness (QED) is 0.564. The van der Waals surface area contributed by atoms with Gasteiger partial charge in [-0.15, -0.1) is 0 Å². The van der Waals surface area contributed by atoms with Crippen LogP contribution in [0.2, 0.25) is 0 Å². The molecule has 0 radical (unpaired) electrons. The van der Waals surface area contributed by atoms with Gasteiger partial charge in [0.05, 0.1) is 12.7 Å². The molecule has 1 atom stereocenters. The molecule has 1 aliphatic rings. The third-order valence-corrected chi connectivity index (χ3v) is 2.71. The SMILES string of the molecule is C=C(C)[C@H]1Cc2cc(C(=O)OC)ccc2O1. The summed E-state index contributed by atoms with van der Waals surface area (Å²) >= 11 is 0. The van der Waals surface area contributed by atoms with Crippen molar-refractivity contribution in [2.45, 2.75) is 19.4 Å². The van der Waals surface area contributed by atoms with Crippen LogP contribution in [0, 0.1) is 0 Å². The van der Waals surface area contributed by atoms with Crippen LogP contribution in [0.1, 0.15) is 22.8 Å². The number of methoxy groups -OCH3 is 1. The Morgan fingerprint density at radius 2 is 2.31 bits per heavy atom. The highest BCUT2D eigenvalue weighted by atomic mass is 16.5. The molecule has 1 heterocycles. The van der Waals surface area contributed by atoms with E-state index in [9.17, 15) is 4.79 Å². The first-order valence-corrected chi connectivity index (χ1v) is 5.15. The van der Waals surface area contributed by atoms with Gasteiger partial charge in [-0.25, -0.2) is 4.79 Å². The van der Waals surface area contributed by atoms with E-state index in [1.807, 2.05) is 19.1 Å². The normalized spacial score (nSPS) is 17.5. The fourth-order valence-corrected chi connectivity index (χ4v) is 1.77. The molecule has 3 heteroatoms. The van der Waals surface area contributed by atoms with Gasteiger partial charge in [0.15, 0.2) is 0 Å². The van der Waals surface area contributed by atoms with E-state index >= 15 is 0 Å². The van der Waals surface area contributed by atoms with Gasteiger partial charge >= 0.3 is 5.97 Å². The average Bonchev–Trinajstić information content (AvgIpc) is 2.70. The maximum Gasteiger partial charge on any atom is 0.337 e. The van der Waals surface area contributed by atoms with Crippen LogP contribution >= 0.6 is 0 Å². The summed E-state index contributed by atoms with van der Waals surface area (Å²) in [4.78, 5) is 11.3. The van der Waals surface area contributed by atoms with Gasteiger partial charge in [-0.2, -0.15) is 0 Å². The molecular formula is C13H14O3. The van der Waals surface area contributed by atoms with Crippen LogP contribution in [0.3, 0.4) is 0 Å². The van der Waals surface area contributed by atoms with Crippen molar-refractivity contribution < 1.29 is 14.3 Å². The fourth-order valence-electron chi connectivity index (χ4n) is 1.77. The van der Waals surface area contributed by atoms with E-state index in [0.29, 0.717) is 5.56 Å². The van der Waals surface area contributed by atoms with Crippen LogP contribution in [-0.4, -0.2) is 19.2 Å². The minimum Gasteiger partial charge on any atom is -0.485 e. The van der Waals surface area contributed by atoms with Crippen LogP contribution in [0.25, 0.3) is 0 Å². The predicted octanol–water partition coefficient (Wildman–Crippen LogP) is 2.35. The molecule has 0 aromatic heterocycles. The van der Waals surface area contributed by atoms with Crippen molar-refractivity contribution in [3.63, 3.8) is 0 Å². The molecule has 0 saturated heterocycles. The number of esters is 1. The van der Waals surface area contributed by atoms with Gasteiger partial charge in [0, 0.05) is 6.42 Å². The number of hydrogen-bond acceptors (Lipinski definition) is 3. The maximum absolute atomic E-state index is 11.3. The fraction of sp³-hybridized carbons (Fsp3) is 0.308. The van der Waals surface area contributed by atoms with Gasteiger partial charge in [0.1, 0.15) is 11.9 Å². The minimum absolute atomic E-state index is 0.0305. The van der Waals surface area contributed by atoms with Crippen molar-refractivity contribution in [2.24, 2.45) is 0 Å². The van der Waals surface area contributed by atoms with E-state index in [0.717, 1.165) is 23.3 Å². The lowest BCUT2D eigenvalue weighted by molar-refractivity contribution is 0.0600. The molecule has 0 spiro atoms. The van der Waals surface area contributed by atoms with Crippen LogP contribution in [0.4, 0.5) is 0 Å². The second-order valence-electron chi connectivity index (χ2n) is 3.97. The van der Waals surface area contributed by atoms with Crippen LogP contribution < -0.4 is 4.74 Å². The summed E-state index contributed by atoms with van der Waals surface area (Å²) < 4.78 is 10.4. The van der Waals surface area contributed by atoms with Crippen molar-refractivity contribution in [3.8, 4) is 5.75 Å². The van der Waals surface area contributed by atoms with E-state index in [1.54, 1.807) is 6.07 Å². The number of ether oxygens (including phenoxy) is 2. The molecule has 1 aromatic rings. The summed E-state index contributed by atoms with van der Waals surface area (Å²) in [5.74, 6) is 0.516. The van der Waals surface area contributed by atoms with Crippen LogP contribution in [0.15, 0.2) is 30.4 Å². The molecule has 3 nitrogen and oxygen atoms in total. The highest BCUT2D eigenvalue weighted by Crippen LogP contribution is 2.31. The Morgan fingerprint density at radius 1 is 1.56 bits per heavy atom. The second-order valence-corrected chi connectivity index (χ2v) is 3.97. The van der Waals surface area contributed by atoms with E-state index < -0.39 is 0 Å². The van der Waals surface area contributed by atoms with Gasteiger partial charge in [-0.3, -0.25) is 0 Å². The smallest absolute Gasteiger partial charge is 0.337 e. The highest BCUT2D eigenvalue weighted by molar-refractivity contribution is 5.89. The van der Waals surface area contributed by atoms with Gasteiger partial charge in [-0.05, 0) is 36.3 Å². The average molecular weight is 218 g/mol. The lowest BCUT2D eigenvalue weighted by Crippen LogP contribution is -2.13. The number of benzene rings is 1. The largest absolute Gasteiger partial charge is 0.485 e. The molecule has 84 valence electrons. The second kappa shape index (κ2) is 4.00. The number of hydrogen-bond donors (Lipinski definition) is 0. The summed E-state index contributed by atoms with van der Waals surface area (Å²) in [6.45, 7) is 5.82. The van der Waals surface area contributed by atoms with E-state index in [2.05, 4.69) is 11.3 Å². The molecule has 1 aromatic carbocycles. The van der Waals surface area contributed by atoms with Crippen molar-refractivity contribution in [3.05, 3.63) is 41.5 Å². The number of carbonyl (C=O) groups excluding carboxylic acids is 1. The molecule has 0 fully saturated rings. The number of rotatable bonds is 2. The molecule has 0 bridgehead atoms. The van der Waals surface area contributed by atoms with Gasteiger partial charge in [0.2, 0.25) is 0 Å². The Balaban J connectivity index is 2.27. The van der Waals surface area contributed by atoms with Crippen molar-refractivity contribution in [1.29, 1.82) is 0 Å². The van der Waals surface area contributed by atoms with Gasteiger partial charge < -0.3 is 9.47 Å². The summed E-state index contributed by atoms with van der Waals surface area (Å²) in [6, 6.07) is 5.35. The Bertz CT molecular complexity index is 448. The first kappa shape index (κ1) is 10.7. The third-order valence-electron chi connectivity index (χ3n) is 2.71. The van der Waals surface area contributed by atoms with Crippen molar-refractivity contribution >= 4 is 5.97 Å². The van der Waals surface area contributed by atoms with Crippen LogP contribution in [-0.2, 0) is 11.2 Å². The van der Waals surface area contributed by atoms with Crippen molar-refractivity contribution in [2.75, 3.05) is 7.11 Å². The molecule has 0 aliphatic carbocycles. The lowest BCUT2D eigenvalue weighted by Gasteiger charge is -2.08. The molecule has 0 saturated carbocycles. The zero-order chi connectivity index (χ0) is 11.7. The molecule has 0 N–H and O–H groups in total. The summed E-state index contributed by atoms with van der Waals surface area (Å²) in [5.41, 5.74) is 2.60. The Kier molecular flexibility index (Phi) is 2.69. The third kappa shape index (κ3) is 1.81. The summed E-state index contributed by atoms with van der Waals surface area (Å²) in [5, 5.41) is 0. The molecule has 0 amide bonds. The van der Waals surface area contributed by atoms with E-state index in [4.69, 9.17) is 4.74 Å². The predicted molar refractivity (Wildman–Crippen MR) is 60.7 cm³/mol. The lowest BCUT2D eigenvalue weighted by atomic mass is 10.0. The monoisotopic (exact) mass is 218 g/mol. The molecular weight excluding hydrogens is 204 g/mol. The molecule has 2 rings (SSSR count). The molecule has 0 unspecified atom stereocenters. The van der Waals surface area contributed by atoms with Crippen LogP contribution in [0.5, 0.6) is 5.75 Å². The number of fused-ring (bicyclic) bond motifs is 1. The zero-order valence-corrected chi connectivity index (χ0v) is 9.45. The molecule has 1 aliphatic heterocycles. The van der Waals surface area contributed by atoms with E-state index in [-0.39, 0.29) is 12.1 Å². The zero-order valence-electron chi connectivity index (χ0n) is 9.45. The van der Waals surface area contributed by atoms with Gasteiger partial charge in [-0.1, -0.05) is 6.58 Å².